The van der Waals surface area contributed by atoms with Crippen molar-refractivity contribution in [1.82, 2.24) is 0 Å². The van der Waals surface area contributed by atoms with E-state index in [1.54, 1.807) is 0 Å². The molecule has 0 spiro atoms. The number of phenols is 1. The van der Waals surface area contributed by atoms with Crippen LogP contribution in [0.3, 0.4) is 0 Å². The third kappa shape index (κ3) is 6.84. The summed E-state index contributed by atoms with van der Waals surface area (Å²) in [4.78, 5) is 48.1. The van der Waals surface area contributed by atoms with Gasteiger partial charge in [0, 0.05) is 36.3 Å². The Kier molecular flexibility index (Phi) is 8.65. The lowest BCUT2D eigenvalue weighted by Crippen LogP contribution is -2.28. The predicted molar refractivity (Wildman–Crippen MR) is 104 cm³/mol. The van der Waals surface area contributed by atoms with Crippen molar-refractivity contribution in [3.63, 3.8) is 0 Å². The number of anilines is 2. The van der Waals surface area contributed by atoms with E-state index >= 15 is 0 Å². The van der Waals surface area contributed by atoms with Crippen LogP contribution in [0.2, 0.25) is 0 Å². The number of benzene rings is 1. The zero-order chi connectivity index (χ0) is 20.6. The Bertz CT molecular complexity index is 658. The lowest BCUT2D eigenvalue weighted by Gasteiger charge is -2.14. The first kappa shape index (κ1) is 22.3. The first-order chi connectivity index (χ1) is 12.7. The number of amides is 2. The van der Waals surface area contributed by atoms with Crippen LogP contribution in [-0.4, -0.2) is 28.5 Å². The topological polar surface area (TPSA) is 113 Å². The van der Waals surface area contributed by atoms with Gasteiger partial charge in [0.2, 0.25) is 11.8 Å². The number of carbonyl (C=O) groups is 4. The number of rotatable bonds is 10. The van der Waals surface area contributed by atoms with Gasteiger partial charge in [-0.3, -0.25) is 19.2 Å². The SMILES string of the molecule is CCCC(=O)C(C)C(=O)Nc1cc(O)cc(NC(=O)C(C)C(=O)CCC)c1. The van der Waals surface area contributed by atoms with Crippen LogP contribution in [-0.2, 0) is 19.2 Å². The normalized spacial score (nSPS) is 12.7. The Balaban J connectivity index is 2.85. The highest BCUT2D eigenvalue weighted by Gasteiger charge is 2.22. The average molecular weight is 376 g/mol. The fourth-order valence-corrected chi connectivity index (χ4v) is 2.47. The van der Waals surface area contributed by atoms with Crippen LogP contribution < -0.4 is 10.6 Å². The molecule has 2 atom stereocenters. The van der Waals surface area contributed by atoms with Crippen molar-refractivity contribution in [2.45, 2.75) is 53.4 Å². The van der Waals surface area contributed by atoms with Crippen LogP contribution in [0.15, 0.2) is 18.2 Å². The van der Waals surface area contributed by atoms with Crippen LogP contribution >= 0.6 is 0 Å². The summed E-state index contributed by atoms with van der Waals surface area (Å²) in [6.07, 6.45) is 1.96. The van der Waals surface area contributed by atoms with E-state index < -0.39 is 23.7 Å². The second kappa shape index (κ2) is 10.4. The van der Waals surface area contributed by atoms with Gasteiger partial charge in [-0.15, -0.1) is 0 Å². The van der Waals surface area contributed by atoms with Crippen LogP contribution in [0.25, 0.3) is 0 Å². The Labute approximate surface area is 159 Å². The summed E-state index contributed by atoms with van der Waals surface area (Å²) in [7, 11) is 0. The van der Waals surface area contributed by atoms with Crippen molar-refractivity contribution in [2.24, 2.45) is 11.8 Å². The Morgan fingerprint density at radius 2 is 1.19 bits per heavy atom. The maximum atomic E-state index is 12.2. The van der Waals surface area contributed by atoms with Crippen molar-refractivity contribution in [3.05, 3.63) is 18.2 Å². The first-order valence-electron chi connectivity index (χ1n) is 9.20. The number of phenolic OH excluding ortho intramolecular Hbond substituents is 1. The van der Waals surface area contributed by atoms with Gasteiger partial charge >= 0.3 is 0 Å². The van der Waals surface area contributed by atoms with E-state index in [-0.39, 0.29) is 28.7 Å². The molecule has 7 nitrogen and oxygen atoms in total. The van der Waals surface area contributed by atoms with E-state index in [1.165, 1.54) is 32.0 Å². The molecule has 0 aliphatic rings. The minimum atomic E-state index is -0.808. The lowest BCUT2D eigenvalue weighted by molar-refractivity contribution is -0.132. The summed E-state index contributed by atoms with van der Waals surface area (Å²) in [5.74, 6) is -3.07. The maximum Gasteiger partial charge on any atom is 0.234 e. The third-order valence-corrected chi connectivity index (χ3v) is 4.20. The highest BCUT2D eigenvalue weighted by molar-refractivity contribution is 6.08. The molecule has 2 amide bonds. The maximum absolute atomic E-state index is 12.2. The highest BCUT2D eigenvalue weighted by atomic mass is 16.3. The molecule has 0 saturated heterocycles. The number of Topliss-reactive ketones (excluding diaryl/α,β-unsaturated/α-hetero) is 2. The van der Waals surface area contributed by atoms with E-state index in [0.29, 0.717) is 25.7 Å². The molecule has 0 heterocycles. The van der Waals surface area contributed by atoms with Crippen LogP contribution in [0.1, 0.15) is 53.4 Å². The molecule has 27 heavy (non-hydrogen) atoms. The minimum absolute atomic E-state index is 0.160. The summed E-state index contributed by atoms with van der Waals surface area (Å²) in [5.41, 5.74) is 0.498. The van der Waals surface area contributed by atoms with Gasteiger partial charge < -0.3 is 15.7 Å². The van der Waals surface area contributed by atoms with Crippen molar-refractivity contribution in [2.75, 3.05) is 10.6 Å². The summed E-state index contributed by atoms with van der Waals surface area (Å²) < 4.78 is 0. The number of hydrogen-bond donors (Lipinski definition) is 3. The monoisotopic (exact) mass is 376 g/mol. The van der Waals surface area contributed by atoms with E-state index in [4.69, 9.17) is 0 Å². The van der Waals surface area contributed by atoms with E-state index in [2.05, 4.69) is 10.6 Å². The minimum Gasteiger partial charge on any atom is -0.508 e. The van der Waals surface area contributed by atoms with Crippen molar-refractivity contribution in [3.8, 4) is 5.75 Å². The van der Waals surface area contributed by atoms with Crippen molar-refractivity contribution >= 4 is 34.8 Å². The molecule has 1 aromatic rings. The van der Waals surface area contributed by atoms with E-state index in [1.807, 2.05) is 13.8 Å². The van der Waals surface area contributed by atoms with Crippen molar-refractivity contribution < 1.29 is 24.3 Å². The summed E-state index contributed by atoms with van der Waals surface area (Å²) in [6.45, 7) is 6.78. The van der Waals surface area contributed by atoms with Gasteiger partial charge in [-0.2, -0.15) is 0 Å². The standard InChI is InChI=1S/C20H28N2O5/c1-5-7-17(24)12(3)19(26)21-14-9-15(11-16(23)10-14)22-20(27)13(4)18(25)8-6-2/h9-13,23H,5-8H2,1-4H3,(H,21,26)(H,22,27). The fraction of sp³-hybridized carbons (Fsp3) is 0.500. The average Bonchev–Trinajstić information content (AvgIpc) is 2.60. The van der Waals surface area contributed by atoms with Gasteiger partial charge in [-0.05, 0) is 32.8 Å². The molecule has 1 rings (SSSR count). The Morgan fingerprint density at radius 1 is 0.815 bits per heavy atom. The molecule has 0 bridgehead atoms. The molecule has 148 valence electrons. The van der Waals surface area contributed by atoms with Crippen LogP contribution in [0.4, 0.5) is 11.4 Å². The summed E-state index contributed by atoms with van der Waals surface area (Å²) in [6, 6.07) is 4.09. The van der Waals surface area contributed by atoms with Crippen LogP contribution in [0.5, 0.6) is 5.75 Å². The van der Waals surface area contributed by atoms with Gasteiger partial charge in [0.25, 0.3) is 0 Å². The molecule has 0 aliphatic carbocycles. The molecular formula is C20H28N2O5. The molecule has 0 aromatic heterocycles. The van der Waals surface area contributed by atoms with Crippen molar-refractivity contribution in [1.29, 1.82) is 0 Å². The summed E-state index contributed by atoms with van der Waals surface area (Å²) >= 11 is 0. The smallest absolute Gasteiger partial charge is 0.234 e. The molecule has 3 N–H and O–H groups in total. The molecule has 7 heteroatoms. The molecule has 0 radical (unpaired) electrons. The molecule has 0 aliphatic heterocycles. The Hall–Kier alpha value is -2.70. The third-order valence-electron chi connectivity index (χ3n) is 4.20. The zero-order valence-electron chi connectivity index (χ0n) is 16.3. The number of nitrogens with one attached hydrogen (secondary N) is 2. The van der Waals surface area contributed by atoms with Gasteiger partial charge in [-0.1, -0.05) is 13.8 Å². The molecular weight excluding hydrogens is 348 g/mol. The number of carbonyl (C=O) groups excluding carboxylic acids is 4. The molecule has 1 aromatic carbocycles. The number of hydrogen-bond acceptors (Lipinski definition) is 5. The molecule has 2 unspecified atom stereocenters. The molecule has 0 fully saturated rings. The highest BCUT2D eigenvalue weighted by Crippen LogP contribution is 2.24. The van der Waals surface area contributed by atoms with E-state index in [9.17, 15) is 24.3 Å². The number of ketones is 2. The van der Waals surface area contributed by atoms with Gasteiger partial charge in [0.1, 0.15) is 17.3 Å². The van der Waals surface area contributed by atoms with Gasteiger partial charge in [0.05, 0.1) is 11.8 Å². The Morgan fingerprint density at radius 3 is 1.52 bits per heavy atom. The fourth-order valence-electron chi connectivity index (χ4n) is 2.47. The lowest BCUT2D eigenvalue weighted by atomic mass is 10.0. The van der Waals surface area contributed by atoms with Crippen LogP contribution in [0, 0.1) is 11.8 Å². The van der Waals surface area contributed by atoms with E-state index in [0.717, 1.165) is 0 Å². The predicted octanol–water partition coefficient (Wildman–Crippen LogP) is 3.28. The first-order valence-corrected chi connectivity index (χ1v) is 9.20. The number of aromatic hydroxyl groups is 1. The quantitative estimate of drug-likeness (QED) is 0.543. The van der Waals surface area contributed by atoms with Gasteiger partial charge in [0.15, 0.2) is 0 Å². The largest absolute Gasteiger partial charge is 0.508 e. The second-order valence-electron chi connectivity index (χ2n) is 6.62. The van der Waals surface area contributed by atoms with Gasteiger partial charge in [-0.25, -0.2) is 0 Å². The molecule has 0 saturated carbocycles. The zero-order valence-corrected chi connectivity index (χ0v) is 16.3. The second-order valence-corrected chi connectivity index (χ2v) is 6.62. The summed E-state index contributed by atoms with van der Waals surface area (Å²) in [5, 5.41) is 15.0.